The molecule has 0 saturated heterocycles. The van der Waals surface area contributed by atoms with Crippen LogP contribution in [0, 0.1) is 0 Å². The molecule has 0 aliphatic rings. The molecule has 4 N–H and O–H groups in total. The Balaban J connectivity index is 2.02. The maximum atomic E-state index is 11.0. The minimum Gasteiger partial charge on any atom is -0.487 e. The van der Waals surface area contributed by atoms with Crippen molar-refractivity contribution in [1.29, 1.82) is 0 Å². The average Bonchev–Trinajstić information content (AvgIpc) is 2.85. The van der Waals surface area contributed by atoms with Crippen molar-refractivity contribution in [3.8, 4) is 5.75 Å². The van der Waals surface area contributed by atoms with Crippen molar-refractivity contribution in [1.82, 2.24) is 10.3 Å². The summed E-state index contributed by atoms with van der Waals surface area (Å²) in [5, 5.41) is 6.95. The van der Waals surface area contributed by atoms with E-state index >= 15 is 0 Å². The lowest BCUT2D eigenvalue weighted by atomic mass is 10.2. The molecule has 2 rings (SSSR count). The molecule has 94 valence electrons. The van der Waals surface area contributed by atoms with Crippen molar-refractivity contribution >= 4 is 5.91 Å². The zero-order valence-corrected chi connectivity index (χ0v) is 9.50. The first-order valence-electron chi connectivity index (χ1n) is 5.23. The maximum Gasteiger partial charge on any atom is 0.273 e. The van der Waals surface area contributed by atoms with Crippen molar-refractivity contribution in [3.05, 3.63) is 41.2 Å². The van der Waals surface area contributed by atoms with Gasteiger partial charge in [0.15, 0.2) is 11.4 Å². The Morgan fingerprint density at radius 2 is 2.00 bits per heavy atom. The number of ether oxygens (including phenoxy) is 1. The first kappa shape index (κ1) is 12.1. The highest BCUT2D eigenvalue weighted by Crippen LogP contribution is 2.14. The van der Waals surface area contributed by atoms with Crippen LogP contribution in [0.5, 0.6) is 5.75 Å². The third kappa shape index (κ3) is 2.64. The fourth-order valence-electron chi connectivity index (χ4n) is 1.36. The third-order valence-electron chi connectivity index (χ3n) is 2.32. The van der Waals surface area contributed by atoms with Gasteiger partial charge in [-0.15, -0.1) is 0 Å². The van der Waals surface area contributed by atoms with Crippen molar-refractivity contribution in [2.45, 2.75) is 13.2 Å². The van der Waals surface area contributed by atoms with Crippen LogP contribution in [-0.2, 0) is 13.2 Å². The third-order valence-corrected chi connectivity index (χ3v) is 2.32. The molecule has 0 unspecified atom stereocenters. The lowest BCUT2D eigenvalue weighted by Crippen LogP contribution is -2.14. The minimum absolute atomic E-state index is 0.0198. The minimum atomic E-state index is -0.701. The number of carbonyl (C=O) groups excluding carboxylic acids is 1. The van der Waals surface area contributed by atoms with Crippen LogP contribution >= 0.6 is 0 Å². The summed E-state index contributed by atoms with van der Waals surface area (Å²) in [5.74, 6) is -0.0704. The molecule has 0 fully saturated rings. The second kappa shape index (κ2) is 5.28. The van der Waals surface area contributed by atoms with Gasteiger partial charge in [0.25, 0.3) is 5.91 Å². The number of nitrogens with two attached hydrogens (primary N) is 2. The Bertz CT molecular complexity index is 535. The highest BCUT2D eigenvalue weighted by Gasteiger charge is 2.15. The second-order valence-electron chi connectivity index (χ2n) is 3.56. The van der Waals surface area contributed by atoms with Crippen LogP contribution in [0.3, 0.4) is 0 Å². The Labute approximate surface area is 103 Å². The van der Waals surface area contributed by atoms with Gasteiger partial charge >= 0.3 is 0 Å². The smallest absolute Gasteiger partial charge is 0.273 e. The molecule has 7 heteroatoms. The lowest BCUT2D eigenvalue weighted by Gasteiger charge is -2.04. The van der Waals surface area contributed by atoms with Crippen LogP contribution < -0.4 is 16.2 Å². The summed E-state index contributed by atoms with van der Waals surface area (Å²) >= 11 is 0. The molecular formula is C11H12N4O3. The van der Waals surface area contributed by atoms with Crippen LogP contribution in [0.25, 0.3) is 0 Å². The van der Waals surface area contributed by atoms with Gasteiger partial charge in [0.2, 0.25) is 0 Å². The molecule has 0 aliphatic carbocycles. The van der Waals surface area contributed by atoms with Crippen LogP contribution in [0.2, 0.25) is 0 Å². The first-order valence-corrected chi connectivity index (χ1v) is 5.23. The zero-order chi connectivity index (χ0) is 13.0. The Morgan fingerprint density at radius 1 is 1.28 bits per heavy atom. The molecule has 1 heterocycles. The Hall–Kier alpha value is -2.41. The fourth-order valence-corrected chi connectivity index (χ4v) is 1.36. The summed E-state index contributed by atoms with van der Waals surface area (Å²) in [6, 6.07) is 7.26. The highest BCUT2D eigenvalue weighted by molar-refractivity contribution is 5.91. The first-order chi connectivity index (χ1) is 8.70. The van der Waals surface area contributed by atoms with Crippen LogP contribution in [-0.4, -0.2) is 16.2 Å². The van der Waals surface area contributed by atoms with Gasteiger partial charge in [-0.1, -0.05) is 17.3 Å². The molecule has 0 saturated carbocycles. The monoisotopic (exact) mass is 248 g/mol. The molecule has 0 radical (unpaired) electrons. The van der Waals surface area contributed by atoms with E-state index in [1.165, 1.54) is 0 Å². The number of carbonyl (C=O) groups is 1. The van der Waals surface area contributed by atoms with E-state index in [0.717, 1.165) is 5.56 Å². The molecule has 18 heavy (non-hydrogen) atoms. The molecular weight excluding hydrogens is 236 g/mol. The normalized spacial score (nSPS) is 10.3. The molecule has 0 aliphatic heterocycles. The number of rotatable bonds is 5. The Morgan fingerprint density at radius 3 is 2.61 bits per heavy atom. The molecule has 0 spiro atoms. The number of primary amides is 1. The van der Waals surface area contributed by atoms with E-state index in [0.29, 0.717) is 12.3 Å². The van der Waals surface area contributed by atoms with Crippen molar-refractivity contribution in [3.63, 3.8) is 0 Å². The number of hydrogen-bond donors (Lipinski definition) is 2. The van der Waals surface area contributed by atoms with Crippen molar-refractivity contribution in [2.75, 3.05) is 0 Å². The number of benzene rings is 1. The van der Waals surface area contributed by atoms with Gasteiger partial charge in [-0.3, -0.25) is 4.79 Å². The van der Waals surface area contributed by atoms with E-state index in [9.17, 15) is 4.79 Å². The lowest BCUT2D eigenvalue weighted by molar-refractivity contribution is 0.0989. The quantitative estimate of drug-likeness (QED) is 0.780. The molecule has 7 nitrogen and oxygen atoms in total. The van der Waals surface area contributed by atoms with E-state index in [-0.39, 0.29) is 18.0 Å². The topological polar surface area (TPSA) is 117 Å². The summed E-state index contributed by atoms with van der Waals surface area (Å²) in [6.07, 6.45) is 0. The summed E-state index contributed by atoms with van der Waals surface area (Å²) < 4.78 is 9.86. The fraction of sp³-hybridized carbons (Fsp3) is 0.182. The van der Waals surface area contributed by atoms with Gasteiger partial charge in [0.05, 0.1) is 0 Å². The van der Waals surface area contributed by atoms with Gasteiger partial charge in [-0.2, -0.15) is 0 Å². The van der Waals surface area contributed by atoms with Gasteiger partial charge in [-0.25, -0.2) is 4.63 Å². The van der Waals surface area contributed by atoms with Crippen LogP contribution in [0.15, 0.2) is 28.9 Å². The van der Waals surface area contributed by atoms with E-state index in [2.05, 4.69) is 14.9 Å². The van der Waals surface area contributed by atoms with Crippen LogP contribution in [0.1, 0.15) is 21.7 Å². The summed E-state index contributed by atoms with van der Waals surface area (Å²) in [6.45, 7) is 0.531. The van der Waals surface area contributed by atoms with Gasteiger partial charge < -0.3 is 16.2 Å². The predicted molar refractivity (Wildman–Crippen MR) is 61.5 cm³/mol. The summed E-state index contributed by atoms with van der Waals surface area (Å²) in [5.41, 5.74) is 11.8. The molecule has 1 aromatic carbocycles. The zero-order valence-electron chi connectivity index (χ0n) is 9.50. The number of aromatic nitrogens is 2. The molecule has 1 aromatic heterocycles. The largest absolute Gasteiger partial charge is 0.487 e. The van der Waals surface area contributed by atoms with Crippen molar-refractivity contribution < 1.29 is 14.2 Å². The van der Waals surface area contributed by atoms with Gasteiger partial charge in [-0.05, 0) is 22.9 Å². The predicted octanol–water partition coefficient (Wildman–Crippen LogP) is 0.206. The van der Waals surface area contributed by atoms with E-state index in [1.54, 1.807) is 12.1 Å². The molecule has 2 aromatic rings. The highest BCUT2D eigenvalue weighted by atomic mass is 16.6. The Kier molecular flexibility index (Phi) is 3.54. The van der Waals surface area contributed by atoms with Crippen LogP contribution in [0.4, 0.5) is 0 Å². The summed E-state index contributed by atoms with van der Waals surface area (Å²) in [7, 11) is 0. The maximum absolute atomic E-state index is 11.0. The molecule has 0 atom stereocenters. The summed E-state index contributed by atoms with van der Waals surface area (Å²) in [4.78, 5) is 11.0. The number of nitrogens with zero attached hydrogens (tertiary/aromatic N) is 2. The van der Waals surface area contributed by atoms with E-state index in [4.69, 9.17) is 16.2 Å². The van der Waals surface area contributed by atoms with E-state index in [1.807, 2.05) is 12.1 Å². The van der Waals surface area contributed by atoms with E-state index < -0.39 is 5.91 Å². The second-order valence-corrected chi connectivity index (χ2v) is 3.56. The number of hydrogen-bond acceptors (Lipinski definition) is 6. The molecule has 1 amide bonds. The standard InChI is InChI=1S/C11H12N4O3/c12-5-7-1-3-8(4-2-7)17-6-9-10(11(13)16)15-18-14-9/h1-4H,5-6,12H2,(H2,13,16). The average molecular weight is 248 g/mol. The number of amides is 1. The SMILES string of the molecule is NCc1ccc(OCc2nonc2C(N)=O)cc1. The van der Waals surface area contributed by atoms with Gasteiger partial charge in [0.1, 0.15) is 12.4 Å². The molecule has 0 bridgehead atoms. The van der Waals surface area contributed by atoms with Gasteiger partial charge in [0, 0.05) is 6.54 Å². The van der Waals surface area contributed by atoms with Crippen molar-refractivity contribution in [2.24, 2.45) is 11.5 Å².